The molecule has 0 unspecified atom stereocenters. The summed E-state index contributed by atoms with van der Waals surface area (Å²) in [4.78, 5) is 21.2. The van der Waals surface area contributed by atoms with Crippen LogP contribution in [-0.4, -0.2) is 57.6 Å². The average molecular weight is 391 g/mol. The zero-order chi connectivity index (χ0) is 20.0. The first-order valence-corrected chi connectivity index (χ1v) is 10.1. The van der Waals surface area contributed by atoms with Crippen LogP contribution in [0.2, 0.25) is 0 Å². The Kier molecular flexibility index (Phi) is 4.47. The monoisotopic (exact) mass is 391 g/mol. The van der Waals surface area contributed by atoms with Gasteiger partial charge in [-0.05, 0) is 35.7 Å². The highest BCUT2D eigenvalue weighted by Crippen LogP contribution is 2.45. The minimum absolute atomic E-state index is 0.119. The molecule has 0 radical (unpaired) electrons. The summed E-state index contributed by atoms with van der Waals surface area (Å²) in [6.07, 6.45) is 1.77. The van der Waals surface area contributed by atoms with Crippen LogP contribution in [0.25, 0.3) is 11.0 Å². The summed E-state index contributed by atoms with van der Waals surface area (Å²) in [5, 5.41) is 8.56. The van der Waals surface area contributed by atoms with E-state index in [1.54, 1.807) is 20.2 Å². The van der Waals surface area contributed by atoms with E-state index in [-0.39, 0.29) is 11.9 Å². The molecule has 0 spiro atoms. The molecule has 2 fully saturated rings. The fourth-order valence-corrected chi connectivity index (χ4v) is 5.07. The van der Waals surface area contributed by atoms with Crippen molar-refractivity contribution in [3.8, 4) is 5.75 Å². The summed E-state index contributed by atoms with van der Waals surface area (Å²) >= 11 is 0. The molecular weight excluding hydrogens is 366 g/mol. The Bertz CT molecular complexity index is 1030. The molecule has 0 saturated carbocycles. The van der Waals surface area contributed by atoms with Gasteiger partial charge in [0.25, 0.3) is 0 Å². The van der Waals surface area contributed by atoms with Gasteiger partial charge < -0.3 is 9.64 Å². The van der Waals surface area contributed by atoms with Gasteiger partial charge in [-0.25, -0.2) is 4.98 Å². The molecule has 150 valence electrons. The standard InChI is InChI=1S/C22H25N5O2/c1-14(28)27-11-16-10-26(13-20-18-4-3-9-23-22(18)25-24-20)12-19(16)21(27)15-5-7-17(29-2)8-6-15/h3-9,16,19,21H,10-13H2,1-2H3,(H,23,24,25)/t16-,19-,21+/m1/s1. The van der Waals surface area contributed by atoms with Crippen LogP contribution in [0.4, 0.5) is 0 Å². The van der Waals surface area contributed by atoms with Gasteiger partial charge in [0, 0.05) is 50.6 Å². The number of fused-ring (bicyclic) bond motifs is 2. The molecule has 4 heterocycles. The normalized spacial score (nSPS) is 24.2. The van der Waals surface area contributed by atoms with Crippen molar-refractivity contribution in [2.45, 2.75) is 19.5 Å². The zero-order valence-corrected chi connectivity index (χ0v) is 16.7. The molecule has 2 saturated heterocycles. The molecule has 3 atom stereocenters. The molecule has 0 aliphatic carbocycles. The Hall–Kier alpha value is -2.93. The highest BCUT2D eigenvalue weighted by molar-refractivity contribution is 5.77. The highest BCUT2D eigenvalue weighted by Gasteiger charge is 2.48. The summed E-state index contributed by atoms with van der Waals surface area (Å²) < 4.78 is 5.30. The van der Waals surface area contributed by atoms with Crippen LogP contribution >= 0.6 is 0 Å². The summed E-state index contributed by atoms with van der Waals surface area (Å²) in [5.74, 6) is 1.90. The van der Waals surface area contributed by atoms with Crippen LogP contribution in [0.3, 0.4) is 0 Å². The third kappa shape index (κ3) is 3.15. The quantitative estimate of drug-likeness (QED) is 0.740. The number of pyridine rings is 1. The van der Waals surface area contributed by atoms with Crippen molar-refractivity contribution in [1.82, 2.24) is 25.0 Å². The van der Waals surface area contributed by atoms with Gasteiger partial charge in [-0.3, -0.25) is 14.8 Å². The first-order chi connectivity index (χ1) is 14.1. The molecule has 3 aromatic rings. The molecule has 29 heavy (non-hydrogen) atoms. The molecule has 0 bridgehead atoms. The van der Waals surface area contributed by atoms with Crippen molar-refractivity contribution in [2.75, 3.05) is 26.7 Å². The molecule has 1 amide bonds. The van der Waals surface area contributed by atoms with Crippen molar-refractivity contribution < 1.29 is 9.53 Å². The Balaban J connectivity index is 1.38. The number of hydrogen-bond acceptors (Lipinski definition) is 5. The van der Waals surface area contributed by atoms with Gasteiger partial charge in [0.1, 0.15) is 5.75 Å². The van der Waals surface area contributed by atoms with Gasteiger partial charge in [-0.2, -0.15) is 5.10 Å². The van der Waals surface area contributed by atoms with Gasteiger partial charge in [0.15, 0.2) is 5.65 Å². The zero-order valence-electron chi connectivity index (χ0n) is 16.7. The predicted molar refractivity (Wildman–Crippen MR) is 109 cm³/mol. The number of aromatic nitrogens is 3. The number of likely N-dealkylation sites (tertiary alicyclic amines) is 2. The average Bonchev–Trinajstić information content (AvgIpc) is 3.41. The number of amides is 1. The summed E-state index contributed by atoms with van der Waals surface area (Å²) in [5.41, 5.74) is 3.06. The van der Waals surface area contributed by atoms with Crippen LogP contribution in [0.15, 0.2) is 42.6 Å². The van der Waals surface area contributed by atoms with Crippen molar-refractivity contribution in [2.24, 2.45) is 11.8 Å². The lowest BCUT2D eigenvalue weighted by atomic mass is 9.89. The van der Waals surface area contributed by atoms with E-state index < -0.39 is 0 Å². The van der Waals surface area contributed by atoms with E-state index in [1.165, 1.54) is 5.56 Å². The number of ether oxygens (including phenoxy) is 1. The summed E-state index contributed by atoms with van der Waals surface area (Å²) in [6, 6.07) is 12.3. The van der Waals surface area contributed by atoms with Crippen LogP contribution in [0, 0.1) is 11.8 Å². The summed E-state index contributed by atoms with van der Waals surface area (Å²) in [6.45, 7) is 5.27. The Labute approximate surface area is 169 Å². The van der Waals surface area contributed by atoms with Crippen molar-refractivity contribution >= 4 is 16.9 Å². The maximum atomic E-state index is 12.3. The second kappa shape index (κ2) is 7.15. The number of rotatable bonds is 4. The molecular formula is C22H25N5O2. The molecule has 7 nitrogen and oxygen atoms in total. The lowest BCUT2D eigenvalue weighted by Gasteiger charge is -2.29. The molecule has 2 aliphatic rings. The number of H-pyrrole nitrogens is 1. The minimum atomic E-state index is 0.119. The van der Waals surface area contributed by atoms with Gasteiger partial charge in [-0.1, -0.05) is 12.1 Å². The smallest absolute Gasteiger partial charge is 0.219 e. The van der Waals surface area contributed by atoms with E-state index in [1.807, 2.05) is 23.1 Å². The number of hydrogen-bond donors (Lipinski definition) is 1. The predicted octanol–water partition coefficient (Wildman–Crippen LogP) is 2.62. The molecule has 1 N–H and O–H groups in total. The van der Waals surface area contributed by atoms with E-state index in [0.29, 0.717) is 11.8 Å². The molecule has 5 rings (SSSR count). The fraction of sp³-hybridized carbons (Fsp3) is 0.409. The number of carbonyl (C=O) groups is 1. The third-order valence-electron chi connectivity index (χ3n) is 6.39. The van der Waals surface area contributed by atoms with E-state index in [0.717, 1.165) is 48.7 Å². The van der Waals surface area contributed by atoms with E-state index >= 15 is 0 Å². The van der Waals surface area contributed by atoms with Crippen LogP contribution < -0.4 is 4.74 Å². The highest BCUT2D eigenvalue weighted by atomic mass is 16.5. The SMILES string of the molecule is COc1ccc([C@H]2[C@@H]3CN(Cc4[nH]nc5ncccc45)C[C@@H]3CN2C(C)=O)cc1. The van der Waals surface area contributed by atoms with Crippen molar-refractivity contribution in [3.05, 3.63) is 53.9 Å². The number of benzene rings is 1. The van der Waals surface area contributed by atoms with E-state index in [2.05, 4.69) is 38.3 Å². The second-order valence-corrected chi connectivity index (χ2v) is 8.08. The molecule has 2 aromatic heterocycles. The Morgan fingerprint density at radius 2 is 2.03 bits per heavy atom. The number of nitrogens with zero attached hydrogens (tertiary/aromatic N) is 4. The van der Waals surface area contributed by atoms with E-state index in [4.69, 9.17) is 4.74 Å². The van der Waals surface area contributed by atoms with Crippen molar-refractivity contribution in [3.63, 3.8) is 0 Å². The fourth-order valence-electron chi connectivity index (χ4n) is 5.07. The lowest BCUT2D eigenvalue weighted by molar-refractivity contribution is -0.130. The van der Waals surface area contributed by atoms with Crippen LogP contribution in [0.1, 0.15) is 24.2 Å². The third-order valence-corrected chi connectivity index (χ3v) is 6.39. The first kappa shape index (κ1) is 18.1. The largest absolute Gasteiger partial charge is 0.497 e. The van der Waals surface area contributed by atoms with Crippen LogP contribution in [0.5, 0.6) is 5.75 Å². The number of aromatic amines is 1. The Morgan fingerprint density at radius 3 is 2.79 bits per heavy atom. The molecule has 1 aromatic carbocycles. The Morgan fingerprint density at radius 1 is 1.21 bits per heavy atom. The van der Waals surface area contributed by atoms with Gasteiger partial charge in [-0.15, -0.1) is 0 Å². The molecule has 7 heteroatoms. The maximum absolute atomic E-state index is 12.3. The van der Waals surface area contributed by atoms with Crippen LogP contribution in [-0.2, 0) is 11.3 Å². The van der Waals surface area contributed by atoms with Gasteiger partial charge >= 0.3 is 0 Å². The maximum Gasteiger partial charge on any atom is 0.219 e. The topological polar surface area (TPSA) is 74.3 Å². The minimum Gasteiger partial charge on any atom is -0.497 e. The number of methoxy groups -OCH3 is 1. The second-order valence-electron chi connectivity index (χ2n) is 8.08. The van der Waals surface area contributed by atoms with E-state index in [9.17, 15) is 4.79 Å². The lowest BCUT2D eigenvalue weighted by Crippen LogP contribution is -2.34. The number of carbonyl (C=O) groups excluding carboxylic acids is 1. The number of nitrogens with one attached hydrogen (secondary N) is 1. The summed E-state index contributed by atoms with van der Waals surface area (Å²) in [7, 11) is 1.67. The first-order valence-electron chi connectivity index (χ1n) is 10.1. The van der Waals surface area contributed by atoms with Gasteiger partial charge in [0.2, 0.25) is 5.91 Å². The van der Waals surface area contributed by atoms with Gasteiger partial charge in [0.05, 0.1) is 18.8 Å². The van der Waals surface area contributed by atoms with Crippen molar-refractivity contribution in [1.29, 1.82) is 0 Å². The molecule has 2 aliphatic heterocycles.